The molecule has 0 radical (unpaired) electrons. The topological polar surface area (TPSA) is 33.5 Å². The molecule has 1 saturated heterocycles. The minimum absolute atomic E-state index is 0.126. The Morgan fingerprint density at radius 3 is 3.18 bits per heavy atom. The highest BCUT2D eigenvalue weighted by molar-refractivity contribution is 9.09. The minimum atomic E-state index is 0.126. The first-order valence-electron chi connectivity index (χ1n) is 6.17. The molecule has 0 bridgehead atoms. The standard InChI is InChI=1S/C13H18BrNO2/c1-2-12-11(5-7-17-12)13(16)15-6-3-4-10(8-14)9-15/h5,7,10H,2-4,6,8-9H2,1H3. The van der Waals surface area contributed by atoms with Gasteiger partial charge in [0.15, 0.2) is 0 Å². The number of nitrogens with zero attached hydrogens (tertiary/aromatic N) is 1. The summed E-state index contributed by atoms with van der Waals surface area (Å²) in [6, 6.07) is 1.79. The molecule has 3 nitrogen and oxygen atoms in total. The first-order valence-corrected chi connectivity index (χ1v) is 7.30. The lowest BCUT2D eigenvalue weighted by atomic mass is 9.99. The van der Waals surface area contributed by atoms with Crippen LogP contribution in [0.2, 0.25) is 0 Å². The molecule has 1 aromatic rings. The van der Waals surface area contributed by atoms with Crippen LogP contribution in [0.4, 0.5) is 0 Å². The predicted octanol–water partition coefficient (Wildman–Crippen LogP) is 3.09. The lowest BCUT2D eigenvalue weighted by Gasteiger charge is -2.31. The summed E-state index contributed by atoms with van der Waals surface area (Å²) in [6.07, 6.45) is 4.68. The molecule has 2 rings (SSSR count). The Balaban J connectivity index is 2.09. The number of piperidine rings is 1. The van der Waals surface area contributed by atoms with Gasteiger partial charge in [-0.15, -0.1) is 0 Å². The molecule has 1 aromatic heterocycles. The zero-order valence-corrected chi connectivity index (χ0v) is 11.7. The Bertz CT molecular complexity index is 389. The number of halogens is 1. The first kappa shape index (κ1) is 12.7. The summed E-state index contributed by atoms with van der Waals surface area (Å²) in [7, 11) is 0. The summed E-state index contributed by atoms with van der Waals surface area (Å²) in [4.78, 5) is 14.3. The van der Waals surface area contributed by atoms with E-state index in [2.05, 4.69) is 15.9 Å². The molecule has 2 heterocycles. The molecular weight excluding hydrogens is 282 g/mol. The van der Waals surface area contributed by atoms with Gasteiger partial charge in [-0.1, -0.05) is 22.9 Å². The van der Waals surface area contributed by atoms with Gasteiger partial charge in [-0.05, 0) is 24.8 Å². The average Bonchev–Trinajstić information content (AvgIpc) is 2.86. The molecule has 0 aliphatic carbocycles. The van der Waals surface area contributed by atoms with Crippen LogP contribution in [-0.4, -0.2) is 29.2 Å². The van der Waals surface area contributed by atoms with Crippen LogP contribution in [0, 0.1) is 5.92 Å². The molecule has 1 aliphatic rings. The van der Waals surface area contributed by atoms with Crippen LogP contribution in [0.1, 0.15) is 35.9 Å². The van der Waals surface area contributed by atoms with E-state index in [1.165, 1.54) is 6.42 Å². The number of likely N-dealkylation sites (tertiary alicyclic amines) is 1. The third-order valence-electron chi connectivity index (χ3n) is 3.32. The van der Waals surface area contributed by atoms with E-state index in [9.17, 15) is 4.79 Å². The molecule has 0 N–H and O–H groups in total. The second-order valence-electron chi connectivity index (χ2n) is 4.52. The van der Waals surface area contributed by atoms with Crippen molar-refractivity contribution in [3.05, 3.63) is 23.7 Å². The van der Waals surface area contributed by atoms with Crippen LogP contribution in [0.15, 0.2) is 16.7 Å². The number of furan rings is 1. The van der Waals surface area contributed by atoms with Crippen molar-refractivity contribution in [2.45, 2.75) is 26.2 Å². The van der Waals surface area contributed by atoms with Crippen molar-refractivity contribution >= 4 is 21.8 Å². The van der Waals surface area contributed by atoms with Crippen molar-refractivity contribution in [2.24, 2.45) is 5.92 Å². The van der Waals surface area contributed by atoms with E-state index in [0.29, 0.717) is 5.92 Å². The largest absolute Gasteiger partial charge is 0.469 e. The molecule has 0 aromatic carbocycles. The quantitative estimate of drug-likeness (QED) is 0.804. The number of amides is 1. The van der Waals surface area contributed by atoms with Crippen LogP contribution >= 0.6 is 15.9 Å². The fourth-order valence-electron chi connectivity index (χ4n) is 2.35. The summed E-state index contributed by atoms with van der Waals surface area (Å²) in [6.45, 7) is 3.74. The van der Waals surface area contributed by atoms with Crippen molar-refractivity contribution in [1.29, 1.82) is 0 Å². The van der Waals surface area contributed by atoms with Crippen molar-refractivity contribution < 1.29 is 9.21 Å². The van der Waals surface area contributed by atoms with E-state index in [1.807, 2.05) is 11.8 Å². The maximum absolute atomic E-state index is 12.4. The van der Waals surface area contributed by atoms with Crippen molar-refractivity contribution in [3.63, 3.8) is 0 Å². The third kappa shape index (κ3) is 2.73. The van der Waals surface area contributed by atoms with Crippen LogP contribution in [-0.2, 0) is 6.42 Å². The van der Waals surface area contributed by atoms with Crippen LogP contribution in [0.25, 0.3) is 0 Å². The third-order valence-corrected chi connectivity index (χ3v) is 4.24. The highest BCUT2D eigenvalue weighted by atomic mass is 79.9. The van der Waals surface area contributed by atoms with Gasteiger partial charge in [0.05, 0.1) is 11.8 Å². The van der Waals surface area contributed by atoms with E-state index < -0.39 is 0 Å². The van der Waals surface area contributed by atoms with Gasteiger partial charge >= 0.3 is 0 Å². The smallest absolute Gasteiger partial charge is 0.257 e. The minimum Gasteiger partial charge on any atom is -0.469 e. The van der Waals surface area contributed by atoms with Crippen LogP contribution in [0.3, 0.4) is 0 Å². The molecule has 1 amide bonds. The molecule has 4 heteroatoms. The molecule has 1 atom stereocenters. The van der Waals surface area contributed by atoms with Gasteiger partial charge in [-0.25, -0.2) is 0 Å². The Labute approximate surface area is 110 Å². The number of rotatable bonds is 3. The van der Waals surface area contributed by atoms with E-state index in [-0.39, 0.29) is 5.91 Å². The maximum atomic E-state index is 12.4. The SMILES string of the molecule is CCc1occc1C(=O)N1CCCC(CBr)C1. The van der Waals surface area contributed by atoms with Gasteiger partial charge in [-0.3, -0.25) is 4.79 Å². The Morgan fingerprint density at radius 1 is 1.65 bits per heavy atom. The van der Waals surface area contributed by atoms with E-state index in [1.54, 1.807) is 12.3 Å². The van der Waals surface area contributed by atoms with Gasteiger partial charge in [0, 0.05) is 24.8 Å². The van der Waals surface area contributed by atoms with E-state index >= 15 is 0 Å². The Kier molecular flexibility index (Phi) is 4.26. The fourth-order valence-corrected chi connectivity index (χ4v) is 2.88. The summed E-state index contributed by atoms with van der Waals surface area (Å²) < 4.78 is 5.32. The summed E-state index contributed by atoms with van der Waals surface area (Å²) in [5, 5.41) is 0.975. The number of aryl methyl sites for hydroxylation is 1. The fraction of sp³-hybridized carbons (Fsp3) is 0.615. The van der Waals surface area contributed by atoms with E-state index in [4.69, 9.17) is 4.42 Å². The first-order chi connectivity index (χ1) is 8.26. The second kappa shape index (κ2) is 5.71. The molecule has 17 heavy (non-hydrogen) atoms. The zero-order valence-electron chi connectivity index (χ0n) is 10.1. The lowest BCUT2D eigenvalue weighted by Crippen LogP contribution is -2.40. The monoisotopic (exact) mass is 299 g/mol. The number of hydrogen-bond acceptors (Lipinski definition) is 2. The molecule has 94 valence electrons. The number of carbonyl (C=O) groups excluding carboxylic acids is 1. The summed E-state index contributed by atoms with van der Waals surface area (Å²) in [5.41, 5.74) is 0.739. The van der Waals surface area contributed by atoms with Crippen molar-refractivity contribution in [3.8, 4) is 0 Å². The Hall–Kier alpha value is -0.770. The number of carbonyl (C=O) groups is 1. The second-order valence-corrected chi connectivity index (χ2v) is 5.17. The average molecular weight is 300 g/mol. The zero-order chi connectivity index (χ0) is 12.3. The van der Waals surface area contributed by atoms with Crippen LogP contribution in [0.5, 0.6) is 0 Å². The summed E-state index contributed by atoms with van der Waals surface area (Å²) >= 11 is 3.51. The highest BCUT2D eigenvalue weighted by Crippen LogP contribution is 2.21. The van der Waals surface area contributed by atoms with Crippen LogP contribution < -0.4 is 0 Å². The maximum Gasteiger partial charge on any atom is 0.257 e. The number of hydrogen-bond donors (Lipinski definition) is 0. The molecule has 1 aliphatic heterocycles. The van der Waals surface area contributed by atoms with Crippen molar-refractivity contribution in [2.75, 3.05) is 18.4 Å². The Morgan fingerprint density at radius 2 is 2.47 bits per heavy atom. The van der Waals surface area contributed by atoms with Gasteiger partial charge < -0.3 is 9.32 Å². The predicted molar refractivity (Wildman–Crippen MR) is 70.5 cm³/mol. The molecule has 0 spiro atoms. The van der Waals surface area contributed by atoms with Gasteiger partial charge in [0.2, 0.25) is 0 Å². The molecule has 1 unspecified atom stereocenters. The normalized spacial score (nSPS) is 20.6. The highest BCUT2D eigenvalue weighted by Gasteiger charge is 2.25. The summed E-state index contributed by atoms with van der Waals surface area (Å²) in [5.74, 6) is 1.52. The number of alkyl halides is 1. The van der Waals surface area contributed by atoms with Gasteiger partial charge in [0.25, 0.3) is 5.91 Å². The van der Waals surface area contributed by atoms with Gasteiger partial charge in [0.1, 0.15) is 5.76 Å². The van der Waals surface area contributed by atoms with E-state index in [0.717, 1.165) is 42.6 Å². The van der Waals surface area contributed by atoms with Gasteiger partial charge in [-0.2, -0.15) is 0 Å². The molecule has 1 fully saturated rings. The molecule has 0 saturated carbocycles. The lowest BCUT2D eigenvalue weighted by molar-refractivity contribution is 0.0683. The molecular formula is C13H18BrNO2. The van der Waals surface area contributed by atoms with Crippen molar-refractivity contribution in [1.82, 2.24) is 4.90 Å².